The van der Waals surface area contributed by atoms with Crippen molar-refractivity contribution in [1.29, 1.82) is 0 Å². The lowest BCUT2D eigenvalue weighted by Crippen LogP contribution is -2.59. The molecule has 0 aliphatic carbocycles. The molecule has 1 saturated heterocycles. The Labute approximate surface area is 338 Å². The summed E-state index contributed by atoms with van der Waals surface area (Å²) in [5, 5.41) is 40.0. The van der Waals surface area contributed by atoms with Crippen molar-refractivity contribution in [1.82, 2.24) is 0 Å². The monoisotopic (exact) mass is 789 g/mol. The fourth-order valence-electron chi connectivity index (χ4n) is 5.91. The summed E-state index contributed by atoms with van der Waals surface area (Å²) in [5.74, 6) is -0.863. The van der Waals surface area contributed by atoms with Crippen molar-refractivity contribution in [2.75, 3.05) is 19.8 Å². The number of carbonyl (C=O) groups excluding carboxylic acids is 2. The molecule has 0 radical (unpaired) electrons. The lowest BCUT2D eigenvalue weighted by molar-refractivity contribution is -0.305. The predicted octanol–water partition coefficient (Wildman–Crippen LogP) is 8.83. The molecule has 0 spiro atoms. The summed E-state index contributed by atoms with van der Waals surface area (Å²) in [6, 6.07) is 0. The Bertz CT molecular complexity index is 1140. The van der Waals surface area contributed by atoms with E-state index in [-0.39, 0.29) is 26.1 Å². The number of hydrogen-bond donors (Lipinski definition) is 4. The number of ether oxygens (including phenoxy) is 4. The van der Waals surface area contributed by atoms with Crippen LogP contribution in [-0.4, -0.2) is 89.0 Å². The maximum Gasteiger partial charge on any atom is 0.306 e. The zero-order chi connectivity index (χ0) is 40.9. The molecule has 4 N–H and O–H groups in total. The number of unbranched alkanes of at least 4 members (excludes halogenated alkanes) is 11. The molecule has 0 aromatic carbocycles. The number of rotatable bonds is 34. The van der Waals surface area contributed by atoms with Crippen LogP contribution in [0.4, 0.5) is 0 Å². The third-order valence-electron chi connectivity index (χ3n) is 9.33. The van der Waals surface area contributed by atoms with E-state index in [1.54, 1.807) is 0 Å². The van der Waals surface area contributed by atoms with E-state index in [1.165, 1.54) is 19.3 Å². The van der Waals surface area contributed by atoms with Crippen molar-refractivity contribution < 1.29 is 49.0 Å². The molecule has 1 aliphatic heterocycles. The molecule has 0 aromatic rings. The molecule has 0 saturated carbocycles. The summed E-state index contributed by atoms with van der Waals surface area (Å²) in [4.78, 5) is 25.3. The van der Waals surface area contributed by atoms with Gasteiger partial charge < -0.3 is 39.4 Å². The largest absolute Gasteiger partial charge is 0.462 e. The van der Waals surface area contributed by atoms with Gasteiger partial charge in [0.25, 0.3) is 0 Å². The number of carbonyl (C=O) groups is 2. The molecule has 56 heavy (non-hydrogen) atoms. The third-order valence-corrected chi connectivity index (χ3v) is 9.33. The SMILES string of the molecule is CC/C=C\C/C=C\C/C=C\C/C=C\C/C=C\CCCCCC(=O)OC(COC(=O)CCCCCCC/C=C\CCCCC)COC1OC(CO)C(O)C(O)C1O. The second-order valence-corrected chi connectivity index (χ2v) is 14.4. The van der Waals surface area contributed by atoms with Gasteiger partial charge in [-0.15, -0.1) is 0 Å². The Morgan fingerprint density at radius 2 is 1.05 bits per heavy atom. The summed E-state index contributed by atoms with van der Waals surface area (Å²) >= 11 is 0. The highest BCUT2D eigenvalue weighted by atomic mass is 16.7. The van der Waals surface area contributed by atoms with Crippen LogP contribution in [0.15, 0.2) is 72.9 Å². The van der Waals surface area contributed by atoms with Gasteiger partial charge in [-0.25, -0.2) is 0 Å². The fourth-order valence-corrected chi connectivity index (χ4v) is 5.91. The first-order valence-corrected chi connectivity index (χ1v) is 21.5. The molecule has 1 aliphatic rings. The van der Waals surface area contributed by atoms with Crippen LogP contribution in [0.1, 0.15) is 149 Å². The zero-order valence-electron chi connectivity index (χ0n) is 34.6. The van der Waals surface area contributed by atoms with Crippen molar-refractivity contribution in [2.24, 2.45) is 0 Å². The number of allylic oxidation sites excluding steroid dienone is 12. The topological polar surface area (TPSA) is 152 Å². The smallest absolute Gasteiger partial charge is 0.306 e. The lowest BCUT2D eigenvalue weighted by Gasteiger charge is -2.39. The van der Waals surface area contributed by atoms with Gasteiger partial charge >= 0.3 is 11.9 Å². The Hall–Kier alpha value is -2.86. The van der Waals surface area contributed by atoms with E-state index in [1.807, 2.05) is 0 Å². The Morgan fingerprint density at radius 1 is 0.571 bits per heavy atom. The first-order chi connectivity index (χ1) is 27.3. The Kier molecular flexibility index (Phi) is 33.3. The van der Waals surface area contributed by atoms with Crippen LogP contribution in [0.3, 0.4) is 0 Å². The van der Waals surface area contributed by atoms with Gasteiger partial charge in [0.2, 0.25) is 0 Å². The second kappa shape index (κ2) is 36.5. The summed E-state index contributed by atoms with van der Waals surface area (Å²) < 4.78 is 22.1. The quantitative estimate of drug-likeness (QED) is 0.0283. The van der Waals surface area contributed by atoms with E-state index < -0.39 is 55.4 Å². The van der Waals surface area contributed by atoms with Crippen LogP contribution in [0.2, 0.25) is 0 Å². The molecule has 1 rings (SSSR count). The molecule has 0 aromatic heterocycles. The summed E-state index contributed by atoms with van der Waals surface area (Å²) in [5.41, 5.74) is 0. The van der Waals surface area contributed by atoms with Gasteiger partial charge in [0, 0.05) is 12.8 Å². The van der Waals surface area contributed by atoms with Crippen LogP contribution in [0, 0.1) is 0 Å². The van der Waals surface area contributed by atoms with Crippen molar-refractivity contribution in [3.05, 3.63) is 72.9 Å². The molecular weight excluding hydrogens is 712 g/mol. The molecular formula is C46H76O10. The maximum atomic E-state index is 12.7. The molecule has 0 bridgehead atoms. The summed E-state index contributed by atoms with van der Waals surface area (Å²) in [6.45, 7) is 3.22. The first kappa shape index (κ1) is 51.2. The molecule has 10 heteroatoms. The van der Waals surface area contributed by atoms with Gasteiger partial charge in [0.1, 0.15) is 31.0 Å². The minimum absolute atomic E-state index is 0.185. The molecule has 1 fully saturated rings. The van der Waals surface area contributed by atoms with Crippen LogP contribution in [0.5, 0.6) is 0 Å². The van der Waals surface area contributed by atoms with Crippen molar-refractivity contribution in [2.45, 2.75) is 185 Å². The highest BCUT2D eigenvalue weighted by Gasteiger charge is 2.44. The average molecular weight is 789 g/mol. The minimum Gasteiger partial charge on any atom is -0.462 e. The van der Waals surface area contributed by atoms with Crippen LogP contribution in [-0.2, 0) is 28.5 Å². The number of aliphatic hydroxyl groups is 4. The van der Waals surface area contributed by atoms with Gasteiger partial charge in [0.05, 0.1) is 13.2 Å². The van der Waals surface area contributed by atoms with Gasteiger partial charge in [-0.1, -0.05) is 125 Å². The molecule has 10 nitrogen and oxygen atoms in total. The first-order valence-electron chi connectivity index (χ1n) is 21.5. The molecule has 1 heterocycles. The normalized spacial score (nSPS) is 21.1. The van der Waals surface area contributed by atoms with E-state index in [9.17, 15) is 30.0 Å². The summed E-state index contributed by atoms with van der Waals surface area (Å²) in [7, 11) is 0. The van der Waals surface area contributed by atoms with Gasteiger partial charge in [-0.2, -0.15) is 0 Å². The van der Waals surface area contributed by atoms with E-state index >= 15 is 0 Å². The van der Waals surface area contributed by atoms with Crippen molar-refractivity contribution in [3.8, 4) is 0 Å². The predicted molar refractivity (Wildman–Crippen MR) is 224 cm³/mol. The zero-order valence-corrected chi connectivity index (χ0v) is 34.6. The van der Waals surface area contributed by atoms with E-state index in [4.69, 9.17) is 18.9 Å². The second-order valence-electron chi connectivity index (χ2n) is 14.4. The summed E-state index contributed by atoms with van der Waals surface area (Å²) in [6.07, 6.45) is 37.6. The van der Waals surface area contributed by atoms with Crippen molar-refractivity contribution in [3.63, 3.8) is 0 Å². The van der Waals surface area contributed by atoms with Gasteiger partial charge in [-0.05, 0) is 83.5 Å². The maximum absolute atomic E-state index is 12.7. The Morgan fingerprint density at radius 3 is 1.62 bits per heavy atom. The number of hydrogen-bond acceptors (Lipinski definition) is 10. The molecule has 6 unspecified atom stereocenters. The average Bonchev–Trinajstić information content (AvgIpc) is 3.19. The number of aliphatic hydroxyl groups excluding tert-OH is 4. The van der Waals surface area contributed by atoms with E-state index in [0.717, 1.165) is 89.9 Å². The molecule has 320 valence electrons. The fraction of sp³-hybridized carbons (Fsp3) is 0.696. The van der Waals surface area contributed by atoms with E-state index in [0.29, 0.717) is 12.8 Å². The number of esters is 2. The molecule has 0 amide bonds. The third kappa shape index (κ3) is 27.7. The highest BCUT2D eigenvalue weighted by molar-refractivity contribution is 5.70. The van der Waals surface area contributed by atoms with Crippen LogP contribution in [0.25, 0.3) is 0 Å². The van der Waals surface area contributed by atoms with Crippen LogP contribution < -0.4 is 0 Å². The van der Waals surface area contributed by atoms with Crippen molar-refractivity contribution >= 4 is 11.9 Å². The molecule has 6 atom stereocenters. The highest BCUT2D eigenvalue weighted by Crippen LogP contribution is 2.22. The van der Waals surface area contributed by atoms with Crippen LogP contribution >= 0.6 is 0 Å². The lowest BCUT2D eigenvalue weighted by atomic mass is 9.99. The van der Waals surface area contributed by atoms with Gasteiger partial charge in [0.15, 0.2) is 12.4 Å². The Balaban J connectivity index is 2.39. The van der Waals surface area contributed by atoms with E-state index in [2.05, 4.69) is 86.8 Å². The standard InChI is InChI=1S/C46H76O10/c1-3-5-7-9-11-13-15-17-18-19-20-21-22-23-25-27-29-31-33-35-42(49)55-39(38-54-46-45(52)44(51)43(50)40(36-47)56-46)37-53-41(48)34-32-30-28-26-24-16-14-12-10-8-6-4-2/h5,7,11-14,17-18,20-21,23,25,39-40,43-47,50-52H,3-4,6,8-10,15-16,19,22,24,26-38H2,1-2H3/b7-5-,13-11-,14-12-,18-17-,21-20-,25-23-. The van der Waals surface area contributed by atoms with Gasteiger partial charge in [-0.3, -0.25) is 9.59 Å². The minimum atomic E-state index is -1.61.